The van der Waals surface area contributed by atoms with Crippen molar-refractivity contribution in [3.63, 3.8) is 0 Å². The van der Waals surface area contributed by atoms with Gasteiger partial charge in [-0.2, -0.15) is 0 Å². The molecule has 2 atom stereocenters. The summed E-state index contributed by atoms with van der Waals surface area (Å²) in [7, 11) is 0. The van der Waals surface area contributed by atoms with Crippen LogP contribution in [0, 0.1) is 5.92 Å². The van der Waals surface area contributed by atoms with E-state index < -0.39 is 6.30 Å². The number of ether oxygens (including phenoxy) is 1. The quantitative estimate of drug-likeness (QED) is 0.745. The van der Waals surface area contributed by atoms with Gasteiger partial charge in [-0.05, 0) is 30.2 Å². The minimum Gasteiger partial charge on any atom is -0.378 e. The van der Waals surface area contributed by atoms with Gasteiger partial charge in [0.15, 0.2) is 6.30 Å². The van der Waals surface area contributed by atoms with Crippen LogP contribution >= 0.6 is 0 Å². The van der Waals surface area contributed by atoms with Crippen LogP contribution in [0.3, 0.4) is 0 Å². The highest BCUT2D eigenvalue weighted by Gasteiger charge is 2.34. The summed E-state index contributed by atoms with van der Waals surface area (Å²) in [6, 6.07) is 5.95. The van der Waals surface area contributed by atoms with Crippen LogP contribution in [0.25, 0.3) is 0 Å². The van der Waals surface area contributed by atoms with Crippen molar-refractivity contribution in [2.45, 2.75) is 26.6 Å². The molecule has 5 heteroatoms. The minimum absolute atomic E-state index is 0.179. The van der Waals surface area contributed by atoms with E-state index in [1.54, 1.807) is 0 Å². The number of hydrogen-bond acceptors (Lipinski definition) is 3. The molecule has 1 amide bonds. The predicted molar refractivity (Wildman–Crippen MR) is 80.4 cm³/mol. The summed E-state index contributed by atoms with van der Waals surface area (Å²) >= 11 is 0. The minimum atomic E-state index is -1.23. The number of nitrogens with zero attached hydrogens (tertiary/aromatic N) is 2. The van der Waals surface area contributed by atoms with Gasteiger partial charge in [0.2, 0.25) is 5.91 Å². The van der Waals surface area contributed by atoms with Crippen LogP contribution in [0.4, 0.5) is 15.8 Å². The molecular formula is C16H21FN2O2. The number of carbonyl (C=O) groups excluding carboxylic acids is 1. The van der Waals surface area contributed by atoms with Gasteiger partial charge in [0, 0.05) is 37.3 Å². The summed E-state index contributed by atoms with van der Waals surface area (Å²) in [6.45, 7) is 6.49. The maximum Gasteiger partial charge on any atom is 0.226 e. The van der Waals surface area contributed by atoms with Crippen molar-refractivity contribution in [1.82, 2.24) is 0 Å². The van der Waals surface area contributed by atoms with Crippen LogP contribution in [-0.4, -0.2) is 38.5 Å². The molecular weight excluding hydrogens is 271 g/mol. The average Bonchev–Trinajstić information content (AvgIpc) is 2.48. The lowest BCUT2D eigenvalue weighted by Gasteiger charge is -2.37. The van der Waals surface area contributed by atoms with Crippen molar-refractivity contribution in [1.29, 1.82) is 0 Å². The number of halogens is 1. The average molecular weight is 292 g/mol. The molecule has 0 saturated carbocycles. The highest BCUT2D eigenvalue weighted by atomic mass is 19.1. The standard InChI is InChI=1S/C16H21FN2O2/c1-11-9-13-10-14(18-5-7-21-8-6-18)3-4-15(13)19(12(2)20)16(11)17/h3-4,10-11,16H,5-9H2,1-2H3/t11-,16-/m1/s1. The van der Waals surface area contributed by atoms with Crippen LogP contribution in [0.2, 0.25) is 0 Å². The summed E-state index contributed by atoms with van der Waals surface area (Å²) in [5, 5.41) is 0. The van der Waals surface area contributed by atoms with E-state index in [9.17, 15) is 9.18 Å². The Morgan fingerprint density at radius 2 is 2.05 bits per heavy atom. The Balaban J connectivity index is 1.94. The number of hydrogen-bond donors (Lipinski definition) is 0. The van der Waals surface area contributed by atoms with Crippen LogP contribution in [0.5, 0.6) is 0 Å². The van der Waals surface area contributed by atoms with Crippen molar-refractivity contribution >= 4 is 17.3 Å². The fourth-order valence-electron chi connectivity index (χ4n) is 3.16. The normalized spacial score (nSPS) is 25.7. The number of rotatable bonds is 1. The summed E-state index contributed by atoms with van der Waals surface area (Å²) in [6.07, 6.45) is -0.567. The Kier molecular flexibility index (Phi) is 3.85. The lowest BCUT2D eigenvalue weighted by molar-refractivity contribution is -0.118. The molecule has 1 fully saturated rings. The Bertz CT molecular complexity index is 543. The Hall–Kier alpha value is -1.62. The van der Waals surface area contributed by atoms with E-state index in [1.165, 1.54) is 11.8 Å². The Morgan fingerprint density at radius 3 is 2.71 bits per heavy atom. The molecule has 114 valence electrons. The summed E-state index contributed by atoms with van der Waals surface area (Å²) in [5.74, 6) is -0.421. The molecule has 0 unspecified atom stereocenters. The van der Waals surface area contributed by atoms with Gasteiger partial charge in [0.1, 0.15) is 0 Å². The first kappa shape index (κ1) is 14.3. The van der Waals surface area contributed by atoms with Crippen LogP contribution in [0.1, 0.15) is 19.4 Å². The summed E-state index contributed by atoms with van der Waals surface area (Å²) in [5.41, 5.74) is 2.89. The van der Waals surface area contributed by atoms with E-state index in [0.29, 0.717) is 12.1 Å². The van der Waals surface area contributed by atoms with Gasteiger partial charge in [0.05, 0.1) is 13.2 Å². The molecule has 0 bridgehead atoms. The van der Waals surface area contributed by atoms with E-state index in [-0.39, 0.29) is 11.8 Å². The molecule has 3 rings (SSSR count). The molecule has 0 radical (unpaired) electrons. The zero-order valence-corrected chi connectivity index (χ0v) is 12.5. The van der Waals surface area contributed by atoms with Crippen molar-refractivity contribution < 1.29 is 13.9 Å². The first-order valence-corrected chi connectivity index (χ1v) is 7.47. The highest BCUT2D eigenvalue weighted by Crippen LogP contribution is 2.36. The van der Waals surface area contributed by atoms with Gasteiger partial charge in [-0.1, -0.05) is 6.92 Å². The van der Waals surface area contributed by atoms with Crippen molar-refractivity contribution in [2.75, 3.05) is 36.1 Å². The topological polar surface area (TPSA) is 32.8 Å². The molecule has 2 heterocycles. The highest BCUT2D eigenvalue weighted by molar-refractivity contribution is 5.93. The third-order valence-corrected chi connectivity index (χ3v) is 4.30. The van der Waals surface area contributed by atoms with Gasteiger partial charge in [-0.25, -0.2) is 4.39 Å². The van der Waals surface area contributed by atoms with Gasteiger partial charge < -0.3 is 9.64 Å². The zero-order chi connectivity index (χ0) is 15.0. The molecule has 0 spiro atoms. The predicted octanol–water partition coefficient (Wildman–Crippen LogP) is 2.36. The second-order valence-corrected chi connectivity index (χ2v) is 5.86. The largest absolute Gasteiger partial charge is 0.378 e. The molecule has 0 N–H and O–H groups in total. The molecule has 4 nitrogen and oxygen atoms in total. The first-order chi connectivity index (χ1) is 10.1. The molecule has 0 aromatic heterocycles. The third kappa shape index (κ3) is 2.62. The van der Waals surface area contributed by atoms with E-state index in [2.05, 4.69) is 11.0 Å². The number of benzene rings is 1. The Morgan fingerprint density at radius 1 is 1.33 bits per heavy atom. The smallest absolute Gasteiger partial charge is 0.226 e. The first-order valence-electron chi connectivity index (χ1n) is 7.47. The van der Waals surface area contributed by atoms with Crippen LogP contribution < -0.4 is 9.80 Å². The monoisotopic (exact) mass is 292 g/mol. The van der Waals surface area contributed by atoms with Gasteiger partial charge in [-0.15, -0.1) is 0 Å². The van der Waals surface area contributed by atoms with Gasteiger partial charge in [-0.3, -0.25) is 9.69 Å². The van der Waals surface area contributed by atoms with E-state index in [1.807, 2.05) is 19.1 Å². The second kappa shape index (κ2) is 5.64. The number of amides is 1. The number of anilines is 2. The maximum absolute atomic E-state index is 14.3. The molecule has 2 aliphatic heterocycles. The maximum atomic E-state index is 14.3. The number of alkyl halides is 1. The number of carbonyl (C=O) groups is 1. The summed E-state index contributed by atoms with van der Waals surface area (Å²) < 4.78 is 19.7. The number of morpholine rings is 1. The second-order valence-electron chi connectivity index (χ2n) is 5.86. The molecule has 0 aliphatic carbocycles. The van der Waals surface area contributed by atoms with Gasteiger partial charge in [0.25, 0.3) is 0 Å². The fraction of sp³-hybridized carbons (Fsp3) is 0.562. The zero-order valence-electron chi connectivity index (χ0n) is 12.5. The van der Waals surface area contributed by atoms with Crippen LogP contribution in [0.15, 0.2) is 18.2 Å². The van der Waals surface area contributed by atoms with Gasteiger partial charge >= 0.3 is 0 Å². The number of fused-ring (bicyclic) bond motifs is 1. The van der Waals surface area contributed by atoms with E-state index >= 15 is 0 Å². The molecule has 2 aliphatic rings. The fourth-order valence-corrected chi connectivity index (χ4v) is 3.16. The van der Waals surface area contributed by atoms with Crippen molar-refractivity contribution in [3.05, 3.63) is 23.8 Å². The third-order valence-electron chi connectivity index (χ3n) is 4.30. The van der Waals surface area contributed by atoms with E-state index in [0.717, 1.165) is 37.6 Å². The Labute approximate surface area is 124 Å². The van der Waals surface area contributed by atoms with Crippen molar-refractivity contribution in [2.24, 2.45) is 5.92 Å². The lowest BCUT2D eigenvalue weighted by atomic mass is 9.92. The molecule has 1 saturated heterocycles. The molecule has 1 aromatic carbocycles. The van der Waals surface area contributed by atoms with Crippen molar-refractivity contribution in [3.8, 4) is 0 Å². The molecule has 1 aromatic rings. The van der Waals surface area contributed by atoms with E-state index in [4.69, 9.17) is 4.74 Å². The van der Waals surface area contributed by atoms with Crippen LogP contribution in [-0.2, 0) is 16.0 Å². The SMILES string of the molecule is CC(=O)N1c2ccc(N3CCOCC3)cc2C[C@@H](C)[C@@H]1F. The lowest BCUT2D eigenvalue weighted by Crippen LogP contribution is -2.44. The summed E-state index contributed by atoms with van der Waals surface area (Å²) in [4.78, 5) is 15.3. The molecule has 21 heavy (non-hydrogen) atoms.